The zero-order valence-electron chi connectivity index (χ0n) is 7.96. The number of carbonyl (C=O) groups excluding carboxylic acids is 1. The van der Waals surface area contributed by atoms with Crippen molar-refractivity contribution in [3.63, 3.8) is 0 Å². The van der Waals surface area contributed by atoms with Gasteiger partial charge in [0.25, 0.3) is 0 Å². The minimum absolute atomic E-state index is 0.161. The van der Waals surface area contributed by atoms with Crippen LogP contribution in [0.25, 0.3) is 6.08 Å². The third-order valence-electron chi connectivity index (χ3n) is 1.86. The number of rotatable bonds is 3. The summed E-state index contributed by atoms with van der Waals surface area (Å²) >= 11 is 0. The Morgan fingerprint density at radius 1 is 1.27 bits per heavy atom. The third kappa shape index (κ3) is 2.40. The van der Waals surface area contributed by atoms with Crippen molar-refractivity contribution in [2.45, 2.75) is 0 Å². The number of aromatic nitrogens is 1. The fourth-order valence-electron chi connectivity index (χ4n) is 1.14. The second-order valence-electron chi connectivity index (χ2n) is 2.93. The first kappa shape index (κ1) is 9.40. The van der Waals surface area contributed by atoms with Gasteiger partial charge in [0.15, 0.2) is 5.76 Å². The molecular formula is C12H9NO2. The molecule has 0 radical (unpaired) electrons. The maximum atomic E-state index is 11.5. The van der Waals surface area contributed by atoms with E-state index in [4.69, 9.17) is 4.42 Å². The average Bonchev–Trinajstić information content (AvgIpc) is 2.81. The van der Waals surface area contributed by atoms with Crippen LogP contribution in [0.4, 0.5) is 0 Å². The molecule has 0 saturated heterocycles. The average molecular weight is 199 g/mol. The van der Waals surface area contributed by atoms with E-state index in [0.717, 1.165) is 5.69 Å². The molecule has 2 heterocycles. The highest BCUT2D eigenvalue weighted by Gasteiger charge is 2.03. The van der Waals surface area contributed by atoms with Crippen LogP contribution in [0, 0.1) is 0 Å². The molecular weight excluding hydrogens is 190 g/mol. The normalized spacial score (nSPS) is 10.7. The molecule has 2 aromatic heterocycles. The Morgan fingerprint density at radius 2 is 2.20 bits per heavy atom. The maximum Gasteiger partial charge on any atom is 0.221 e. The minimum atomic E-state index is -0.161. The van der Waals surface area contributed by atoms with Crippen molar-refractivity contribution < 1.29 is 9.21 Å². The van der Waals surface area contributed by atoms with Crippen LogP contribution in [0.15, 0.2) is 53.3 Å². The van der Waals surface area contributed by atoms with E-state index >= 15 is 0 Å². The van der Waals surface area contributed by atoms with Crippen LogP contribution < -0.4 is 0 Å². The standard InChI is InChI=1S/C12H9NO2/c14-11(12-5-3-9-15-12)7-6-10-4-1-2-8-13-10/h1-9H. The first-order valence-corrected chi connectivity index (χ1v) is 4.53. The number of allylic oxidation sites excluding steroid dienone is 1. The van der Waals surface area contributed by atoms with Crippen molar-refractivity contribution >= 4 is 11.9 Å². The SMILES string of the molecule is O=C(C=Cc1ccccn1)c1ccco1. The monoisotopic (exact) mass is 199 g/mol. The van der Waals surface area contributed by atoms with Gasteiger partial charge in [-0.1, -0.05) is 6.07 Å². The van der Waals surface area contributed by atoms with Crippen molar-refractivity contribution in [3.8, 4) is 0 Å². The molecule has 0 bridgehead atoms. The zero-order valence-corrected chi connectivity index (χ0v) is 7.96. The molecule has 0 amide bonds. The Balaban J connectivity index is 2.10. The summed E-state index contributed by atoms with van der Waals surface area (Å²) in [4.78, 5) is 15.5. The second-order valence-corrected chi connectivity index (χ2v) is 2.93. The van der Waals surface area contributed by atoms with E-state index in [1.807, 2.05) is 18.2 Å². The number of furan rings is 1. The van der Waals surface area contributed by atoms with Crippen molar-refractivity contribution in [2.75, 3.05) is 0 Å². The summed E-state index contributed by atoms with van der Waals surface area (Å²) in [5.74, 6) is 0.174. The van der Waals surface area contributed by atoms with Crippen LogP contribution in [0.5, 0.6) is 0 Å². The van der Waals surface area contributed by atoms with E-state index in [-0.39, 0.29) is 5.78 Å². The van der Waals surface area contributed by atoms with Gasteiger partial charge in [-0.15, -0.1) is 0 Å². The lowest BCUT2D eigenvalue weighted by atomic mass is 10.2. The molecule has 0 aliphatic heterocycles. The highest BCUT2D eigenvalue weighted by Crippen LogP contribution is 2.04. The zero-order chi connectivity index (χ0) is 10.5. The van der Waals surface area contributed by atoms with Crippen molar-refractivity contribution in [3.05, 3.63) is 60.3 Å². The van der Waals surface area contributed by atoms with Gasteiger partial charge in [0, 0.05) is 6.20 Å². The Kier molecular flexibility index (Phi) is 2.74. The molecule has 3 nitrogen and oxygen atoms in total. The summed E-state index contributed by atoms with van der Waals surface area (Å²) in [7, 11) is 0. The summed E-state index contributed by atoms with van der Waals surface area (Å²) in [5.41, 5.74) is 0.748. The Morgan fingerprint density at radius 3 is 2.87 bits per heavy atom. The van der Waals surface area contributed by atoms with Gasteiger partial charge < -0.3 is 4.42 Å². The molecule has 0 N–H and O–H groups in total. The van der Waals surface area contributed by atoms with Gasteiger partial charge in [-0.2, -0.15) is 0 Å². The lowest BCUT2D eigenvalue weighted by molar-refractivity contribution is 0.102. The van der Waals surface area contributed by atoms with Crippen molar-refractivity contribution in [1.29, 1.82) is 0 Å². The van der Waals surface area contributed by atoms with E-state index in [0.29, 0.717) is 5.76 Å². The summed E-state index contributed by atoms with van der Waals surface area (Å²) in [6.45, 7) is 0. The van der Waals surface area contributed by atoms with Crippen LogP contribution in [0.2, 0.25) is 0 Å². The molecule has 74 valence electrons. The molecule has 0 atom stereocenters. The van der Waals surface area contributed by atoms with Gasteiger partial charge in [-0.25, -0.2) is 0 Å². The quantitative estimate of drug-likeness (QED) is 0.563. The molecule has 0 unspecified atom stereocenters. The van der Waals surface area contributed by atoms with E-state index in [9.17, 15) is 4.79 Å². The van der Waals surface area contributed by atoms with Gasteiger partial charge in [0.05, 0.1) is 12.0 Å². The summed E-state index contributed by atoms with van der Waals surface area (Å²) < 4.78 is 4.96. The molecule has 0 aromatic carbocycles. The van der Waals surface area contributed by atoms with Gasteiger partial charge in [-0.05, 0) is 36.4 Å². The third-order valence-corrected chi connectivity index (χ3v) is 1.86. The van der Waals surface area contributed by atoms with E-state index < -0.39 is 0 Å². The number of hydrogen-bond acceptors (Lipinski definition) is 3. The number of hydrogen-bond donors (Lipinski definition) is 0. The number of ketones is 1. The van der Waals surface area contributed by atoms with E-state index in [1.165, 1.54) is 12.3 Å². The Hall–Kier alpha value is -2.16. The summed E-state index contributed by atoms with van der Waals surface area (Å²) in [6.07, 6.45) is 6.25. The maximum absolute atomic E-state index is 11.5. The van der Waals surface area contributed by atoms with Crippen LogP contribution in [-0.4, -0.2) is 10.8 Å². The second kappa shape index (κ2) is 4.37. The van der Waals surface area contributed by atoms with Crippen molar-refractivity contribution in [2.24, 2.45) is 0 Å². The van der Waals surface area contributed by atoms with Crippen LogP contribution >= 0.6 is 0 Å². The van der Waals surface area contributed by atoms with Gasteiger partial charge in [0.2, 0.25) is 5.78 Å². The van der Waals surface area contributed by atoms with Crippen molar-refractivity contribution in [1.82, 2.24) is 4.98 Å². The Bertz CT molecular complexity index is 458. The predicted molar refractivity (Wildman–Crippen MR) is 56.3 cm³/mol. The summed E-state index contributed by atoms with van der Waals surface area (Å²) in [5, 5.41) is 0. The van der Waals surface area contributed by atoms with Gasteiger partial charge in [-0.3, -0.25) is 9.78 Å². The minimum Gasteiger partial charge on any atom is -0.461 e. The molecule has 0 aliphatic rings. The smallest absolute Gasteiger partial charge is 0.221 e. The van der Waals surface area contributed by atoms with Crippen LogP contribution in [-0.2, 0) is 0 Å². The van der Waals surface area contributed by atoms with Crippen LogP contribution in [0.3, 0.4) is 0 Å². The fraction of sp³-hybridized carbons (Fsp3) is 0. The molecule has 0 fully saturated rings. The lowest BCUT2D eigenvalue weighted by Crippen LogP contribution is -1.90. The summed E-state index contributed by atoms with van der Waals surface area (Å²) in [6, 6.07) is 8.83. The largest absolute Gasteiger partial charge is 0.461 e. The van der Waals surface area contributed by atoms with Gasteiger partial charge in [0.1, 0.15) is 0 Å². The molecule has 2 rings (SSSR count). The molecule has 0 aliphatic carbocycles. The topological polar surface area (TPSA) is 43.1 Å². The van der Waals surface area contributed by atoms with Gasteiger partial charge >= 0.3 is 0 Å². The lowest BCUT2D eigenvalue weighted by Gasteiger charge is -1.90. The molecule has 0 saturated carbocycles. The first-order chi connectivity index (χ1) is 7.36. The first-order valence-electron chi connectivity index (χ1n) is 4.53. The number of pyridine rings is 1. The number of nitrogens with zero attached hydrogens (tertiary/aromatic N) is 1. The molecule has 0 spiro atoms. The van der Waals surface area contributed by atoms with E-state index in [2.05, 4.69) is 4.98 Å². The molecule has 2 aromatic rings. The van der Waals surface area contributed by atoms with E-state index in [1.54, 1.807) is 24.4 Å². The molecule has 15 heavy (non-hydrogen) atoms. The Labute approximate surface area is 87.1 Å². The highest BCUT2D eigenvalue weighted by molar-refractivity contribution is 6.04. The number of carbonyl (C=O) groups is 1. The fourth-order valence-corrected chi connectivity index (χ4v) is 1.14. The van der Waals surface area contributed by atoms with Crippen LogP contribution in [0.1, 0.15) is 16.2 Å². The predicted octanol–water partition coefficient (Wildman–Crippen LogP) is 2.57. The molecule has 3 heteroatoms. The highest BCUT2D eigenvalue weighted by atomic mass is 16.3.